The lowest BCUT2D eigenvalue weighted by Crippen LogP contribution is -2.57. The molecule has 13 heterocycles. The van der Waals surface area contributed by atoms with Crippen LogP contribution in [0.5, 0.6) is 0 Å². The first-order valence-corrected chi connectivity index (χ1v) is 48.6. The largest absolute Gasteiger partial charge is 0.480 e. The van der Waals surface area contributed by atoms with E-state index in [0.717, 1.165) is 30.9 Å². The second-order valence-corrected chi connectivity index (χ2v) is 38.5. The molecular weight excluding hydrogens is 1850 g/mol. The number of carbonyl (C=O) groups is 22. The number of likely N-dealkylation sites (tertiary alicyclic amines) is 12. The first-order valence-electron chi connectivity index (χ1n) is 48.6. The van der Waals surface area contributed by atoms with Crippen molar-refractivity contribution in [2.24, 2.45) is 0 Å². The highest BCUT2D eigenvalue weighted by molar-refractivity contribution is 6.02. The Bertz CT molecular complexity index is 4740. The lowest BCUT2D eigenvalue weighted by molar-refractivity contribution is -0.148. The van der Waals surface area contributed by atoms with Crippen LogP contribution in [0.4, 0.5) is 0 Å². The third kappa shape index (κ3) is 24.8. The van der Waals surface area contributed by atoms with Crippen molar-refractivity contribution in [3.8, 4) is 0 Å². The van der Waals surface area contributed by atoms with Crippen molar-refractivity contribution in [1.82, 2.24) is 112 Å². The van der Waals surface area contributed by atoms with Gasteiger partial charge in [0, 0.05) is 117 Å². The summed E-state index contributed by atoms with van der Waals surface area (Å²) in [5.41, 5.74) is 0. The Kier molecular flexibility index (Phi) is 35.4. The SMILES string of the molecule is CC(NCCCC[C@H](NC(=O)[C@@H]1CCCN1C(=O)CNC(=O)[C@@H]1C[C@@H](O)CN1C(=O)[C@@H]1CCCN1C(=O)CNC(=O)[C@@H]1C[C@@H](O)CN1C(=O)[C@@H]1CCCN1C(=O)CNC(=O)[C@@H]1C[C@@H](O)CN1C(=O)[C@@H]1CCCN1)C(=O)NCC(=O)N1CCC[C@H]1C(=O)N1C[C@H](O)C[C@H]1C(=O)NCC(=O)N1CCC[C@H]1C(=O)N1C[C@H](O)C[C@H]1C(=O)NCC(=O)N1CCC[C@H]1C(=O)N1C[C@H](O)C[C@H]1C(=O)NCC(=O)O)C(=O)O. The molecule has 140 heavy (non-hydrogen) atoms. The number of aliphatic carboxylic acids is 2. The van der Waals surface area contributed by atoms with Crippen molar-refractivity contribution in [1.29, 1.82) is 0 Å². The number of aliphatic hydroxyl groups is 6. The van der Waals surface area contributed by atoms with Crippen molar-refractivity contribution in [3.63, 3.8) is 0 Å². The van der Waals surface area contributed by atoms with Gasteiger partial charge in [0.2, 0.25) is 118 Å². The summed E-state index contributed by atoms with van der Waals surface area (Å²) < 4.78 is 0. The zero-order valence-corrected chi connectivity index (χ0v) is 78.2. The smallest absolute Gasteiger partial charge is 0.322 e. The molecule has 1 unspecified atom stereocenters. The van der Waals surface area contributed by atoms with Crippen molar-refractivity contribution in [2.45, 2.75) is 282 Å². The monoisotopic (exact) mass is 1970 g/mol. The molecule has 52 heteroatoms. The fraction of sp³-hybridized carbons (Fsp3) is 0.750. The molecule has 772 valence electrons. The molecule has 13 rings (SSSR count). The van der Waals surface area contributed by atoms with E-state index >= 15 is 0 Å². The van der Waals surface area contributed by atoms with E-state index in [9.17, 15) is 141 Å². The maximum Gasteiger partial charge on any atom is 0.322 e. The summed E-state index contributed by atoms with van der Waals surface area (Å²) in [7, 11) is 0. The number of unbranched alkanes of at least 4 members (excludes halogenated alkanes) is 1. The lowest BCUT2D eigenvalue weighted by atomic mass is 10.1. The van der Waals surface area contributed by atoms with Gasteiger partial charge in [0.05, 0.1) is 81.9 Å². The minimum Gasteiger partial charge on any atom is -0.480 e. The van der Waals surface area contributed by atoms with Crippen molar-refractivity contribution in [3.05, 3.63) is 0 Å². The fourth-order valence-electron chi connectivity index (χ4n) is 21.8. The maximum absolute atomic E-state index is 14.6. The summed E-state index contributed by atoms with van der Waals surface area (Å²) in [6.07, 6.45) is -3.59. The van der Waals surface area contributed by atoms with E-state index < -0.39 is 297 Å². The Labute approximate surface area is 804 Å². The van der Waals surface area contributed by atoms with E-state index in [1.165, 1.54) is 41.2 Å². The normalized spacial score (nSPS) is 29.1. The zero-order valence-electron chi connectivity index (χ0n) is 78.2. The standard InChI is InChI=1S/C88H130N22O30/c1-46(88(139)140)89-19-3-2-11-53(74(125)91-33-68(118)100-22-6-14-56(100)83(134)107-42-49(113)29-63(107)77(128)94-36-71(121)103-25-9-17-59(103)86(137)109-44-51(115)31-65(109)79(130)96-38-72(122)104-26-10-18-60(104)87(138)110-45-52(116)32-66(110)80(131)97-39-73(123)124)98-81(132)55-13-5-21-99(55)67(117)34-92-76(127)62-28-48(112)41-106(62)84(135)58-16-8-24-102(58)70(120)37-95-78(129)64-30-50(114)43-108(64)85(136)57-15-7-23-101(57)69(119)35-93-75(126)61-27-47(111)40-105(61)82(133)54-12-4-20-90-54/h46-66,89-90,111-116H,2-45H2,1H3,(H,91,125)(H,92,127)(H,93,126)(H,94,128)(H,95,129)(H,96,130)(H,97,131)(H,98,132)(H,123,124)(H,139,140)/t46?,47-,48-,49-,50-,51-,52-,53+,54+,55+,56+,57+,58+,59+,60+,61+,62+,63+,64+,65+,66+/m1/s1. The number of β-amino-alcohol motifs (C(OH)–C–C–N with tert-alkyl or cyclic N) is 6. The molecule has 20 amide bonds. The van der Waals surface area contributed by atoms with Gasteiger partial charge in [-0.15, -0.1) is 0 Å². The highest BCUT2D eigenvalue weighted by Crippen LogP contribution is 2.34. The predicted molar refractivity (Wildman–Crippen MR) is 476 cm³/mol. The van der Waals surface area contributed by atoms with Crippen LogP contribution in [-0.2, 0) is 105 Å². The van der Waals surface area contributed by atoms with Gasteiger partial charge in [-0.25, -0.2) is 0 Å². The molecule has 52 nitrogen and oxygen atoms in total. The molecule has 0 radical (unpaired) electrons. The molecule has 21 atom stereocenters. The molecule has 13 fully saturated rings. The van der Waals surface area contributed by atoms with E-state index in [-0.39, 0.29) is 194 Å². The van der Waals surface area contributed by atoms with Gasteiger partial charge in [0.15, 0.2) is 0 Å². The second-order valence-electron chi connectivity index (χ2n) is 38.5. The summed E-state index contributed by atoms with van der Waals surface area (Å²) >= 11 is 0. The summed E-state index contributed by atoms with van der Waals surface area (Å²) in [5.74, 6) is -17.0. The molecule has 13 saturated heterocycles. The average Bonchev–Trinajstić information content (AvgIpc) is 1.65. The van der Waals surface area contributed by atoms with Gasteiger partial charge >= 0.3 is 11.9 Å². The number of carboxylic acids is 2. The molecule has 0 aromatic heterocycles. The van der Waals surface area contributed by atoms with Gasteiger partial charge in [-0.2, -0.15) is 0 Å². The van der Waals surface area contributed by atoms with E-state index in [1.807, 2.05) is 0 Å². The van der Waals surface area contributed by atoms with Crippen LogP contribution in [0.15, 0.2) is 0 Å². The molecule has 0 bridgehead atoms. The molecule has 0 aliphatic carbocycles. The molecule has 13 aliphatic heterocycles. The predicted octanol–water partition coefficient (Wildman–Crippen LogP) is -12.9. The third-order valence-corrected chi connectivity index (χ3v) is 29.0. The van der Waals surface area contributed by atoms with Gasteiger partial charge < -0.3 is 153 Å². The number of aliphatic hydroxyl groups excluding tert-OH is 6. The van der Waals surface area contributed by atoms with Crippen LogP contribution in [0.25, 0.3) is 0 Å². The Balaban J connectivity index is 0.555. The van der Waals surface area contributed by atoms with Crippen LogP contribution in [0.1, 0.15) is 155 Å². The van der Waals surface area contributed by atoms with E-state index in [1.54, 1.807) is 0 Å². The van der Waals surface area contributed by atoms with E-state index in [2.05, 4.69) is 53.2 Å². The van der Waals surface area contributed by atoms with Crippen LogP contribution >= 0.6 is 0 Å². The van der Waals surface area contributed by atoms with E-state index in [4.69, 9.17) is 5.11 Å². The fourth-order valence-corrected chi connectivity index (χ4v) is 21.8. The van der Waals surface area contributed by atoms with E-state index in [0.29, 0.717) is 45.1 Å². The molecule has 0 aromatic carbocycles. The molecule has 13 aliphatic rings. The van der Waals surface area contributed by atoms with Gasteiger partial charge in [-0.3, -0.25) is 105 Å². The van der Waals surface area contributed by atoms with Gasteiger partial charge in [0.25, 0.3) is 0 Å². The number of amides is 20. The van der Waals surface area contributed by atoms with Gasteiger partial charge in [-0.05, 0) is 129 Å². The molecule has 18 N–H and O–H groups in total. The Morgan fingerprint density at radius 1 is 0.293 bits per heavy atom. The first-order chi connectivity index (χ1) is 66.8. The maximum atomic E-state index is 14.6. The minimum absolute atomic E-state index is 0.0104. The van der Waals surface area contributed by atoms with Gasteiger partial charge in [-0.1, -0.05) is 0 Å². The third-order valence-electron chi connectivity index (χ3n) is 29.0. The number of carboxylic acid groups (broad SMARTS) is 2. The van der Waals surface area contributed by atoms with Crippen molar-refractivity contribution >= 4 is 130 Å². The Morgan fingerprint density at radius 2 is 0.550 bits per heavy atom. The second kappa shape index (κ2) is 47.1. The van der Waals surface area contributed by atoms with Crippen LogP contribution < -0.4 is 53.2 Å². The highest BCUT2D eigenvalue weighted by Gasteiger charge is 2.54. The molecule has 0 aromatic rings. The van der Waals surface area contributed by atoms with Crippen LogP contribution in [0.2, 0.25) is 0 Å². The van der Waals surface area contributed by atoms with Crippen LogP contribution in [-0.4, -0.2) is 494 Å². The zero-order chi connectivity index (χ0) is 101. The quantitative estimate of drug-likeness (QED) is 0.0259. The number of nitrogens with zero attached hydrogens (tertiary/aromatic N) is 12. The summed E-state index contributed by atoms with van der Waals surface area (Å²) in [6.45, 7) is -3.75. The number of nitrogens with one attached hydrogen (secondary N) is 10. The summed E-state index contributed by atoms with van der Waals surface area (Å²) in [4.78, 5) is 316. The van der Waals surface area contributed by atoms with Crippen LogP contribution in [0.3, 0.4) is 0 Å². The first kappa shape index (κ1) is 105. The van der Waals surface area contributed by atoms with Gasteiger partial charge in [0.1, 0.15) is 91.1 Å². The highest BCUT2D eigenvalue weighted by atomic mass is 16.4. The number of rotatable bonds is 36. The average molecular weight is 1980 g/mol. The Morgan fingerprint density at radius 3 is 0.814 bits per heavy atom. The van der Waals surface area contributed by atoms with Crippen LogP contribution in [0, 0.1) is 0 Å². The lowest BCUT2D eigenvalue weighted by Gasteiger charge is -2.32. The molecule has 0 spiro atoms. The Hall–Kier alpha value is -12.0. The minimum atomic E-state index is -1.38. The summed E-state index contributed by atoms with van der Waals surface area (Å²) in [6, 6.07) is -17.3. The number of hydrogen-bond donors (Lipinski definition) is 18. The number of carbonyl (C=O) groups excluding carboxylic acids is 20. The molecule has 0 saturated carbocycles. The topological polar surface area (TPSA) is 697 Å². The molecular formula is C88H130N22O30. The number of hydrogen-bond acceptors (Lipinski definition) is 30. The summed E-state index contributed by atoms with van der Waals surface area (Å²) in [5, 5.41) is 109. The van der Waals surface area contributed by atoms with Crippen molar-refractivity contribution in [2.75, 3.05) is 137 Å². The van der Waals surface area contributed by atoms with Crippen molar-refractivity contribution < 1.29 is 146 Å².